The number of benzene rings is 2. The summed E-state index contributed by atoms with van der Waals surface area (Å²) in [6.07, 6.45) is -0.978. The molecule has 218 valence electrons. The molecule has 2 heterocycles. The number of carbonyl (C=O) groups excluding carboxylic acids is 3. The number of piperidine rings is 1. The maximum Gasteiger partial charge on any atom is 0.419 e. The van der Waals surface area contributed by atoms with Gasteiger partial charge in [0.15, 0.2) is 5.78 Å². The van der Waals surface area contributed by atoms with Crippen LogP contribution in [0.25, 0.3) is 0 Å². The molecule has 2 saturated heterocycles. The van der Waals surface area contributed by atoms with Crippen LogP contribution in [0.3, 0.4) is 0 Å². The lowest BCUT2D eigenvalue weighted by Gasteiger charge is -2.39. The van der Waals surface area contributed by atoms with Crippen molar-refractivity contribution in [2.24, 2.45) is 0 Å². The SMILES string of the molecule is O=C(O)NS(=O)(=O)N1CCC[C@@H](N(Cc2ccc(F)cc2)C(=O)CN2CO[C@]3(C(=O)Cc4cc(Br)ccc43)C2=O)C1. The summed E-state index contributed by atoms with van der Waals surface area (Å²) in [5, 5.41) is 8.94. The molecule has 1 aliphatic carbocycles. The Morgan fingerprint density at radius 2 is 1.93 bits per heavy atom. The smallest absolute Gasteiger partial charge is 0.419 e. The number of carboxylic acid groups (broad SMARTS) is 1. The minimum absolute atomic E-state index is 0.00968. The Morgan fingerprint density at radius 3 is 2.63 bits per heavy atom. The van der Waals surface area contributed by atoms with Crippen LogP contribution < -0.4 is 4.72 Å². The van der Waals surface area contributed by atoms with Gasteiger partial charge < -0.3 is 19.6 Å². The van der Waals surface area contributed by atoms with Crippen LogP contribution in [0, 0.1) is 5.82 Å². The van der Waals surface area contributed by atoms with Gasteiger partial charge in [-0.1, -0.05) is 34.1 Å². The van der Waals surface area contributed by atoms with Crippen molar-refractivity contribution >= 4 is 49.8 Å². The molecule has 0 radical (unpaired) electrons. The van der Waals surface area contributed by atoms with Crippen LogP contribution in [0.4, 0.5) is 9.18 Å². The van der Waals surface area contributed by atoms with Crippen LogP contribution in [0.15, 0.2) is 46.9 Å². The molecule has 2 N–H and O–H groups in total. The summed E-state index contributed by atoms with van der Waals surface area (Å²) in [6, 6.07) is 9.87. The summed E-state index contributed by atoms with van der Waals surface area (Å²) < 4.78 is 47.6. The van der Waals surface area contributed by atoms with Gasteiger partial charge in [0, 0.05) is 42.1 Å². The second-order valence-electron chi connectivity index (χ2n) is 10.1. The van der Waals surface area contributed by atoms with Gasteiger partial charge in [-0.2, -0.15) is 12.7 Å². The van der Waals surface area contributed by atoms with E-state index in [4.69, 9.17) is 9.84 Å². The van der Waals surface area contributed by atoms with E-state index in [0.717, 1.165) is 13.7 Å². The van der Waals surface area contributed by atoms with E-state index in [0.29, 0.717) is 29.5 Å². The molecule has 0 unspecified atom stereocenters. The molecular weight excluding hydrogens is 627 g/mol. The van der Waals surface area contributed by atoms with Crippen molar-refractivity contribution in [1.82, 2.24) is 18.8 Å². The Balaban J connectivity index is 1.39. The third-order valence-corrected chi connectivity index (χ3v) is 9.42. The Kier molecular flexibility index (Phi) is 7.89. The maximum absolute atomic E-state index is 13.8. The molecule has 3 aliphatic rings. The van der Waals surface area contributed by atoms with Crippen molar-refractivity contribution in [3.05, 3.63) is 69.4 Å². The zero-order valence-corrected chi connectivity index (χ0v) is 24.0. The molecule has 41 heavy (non-hydrogen) atoms. The number of Topliss-reactive ketones (excluding diaryl/α,β-unsaturated/α-hetero) is 1. The molecular formula is C26H26BrFN4O8S. The van der Waals surface area contributed by atoms with E-state index in [-0.39, 0.29) is 32.8 Å². The van der Waals surface area contributed by atoms with Gasteiger partial charge >= 0.3 is 16.3 Å². The van der Waals surface area contributed by atoms with E-state index >= 15 is 0 Å². The summed E-state index contributed by atoms with van der Waals surface area (Å²) in [5.41, 5.74) is -0.166. The van der Waals surface area contributed by atoms with Gasteiger partial charge in [0.1, 0.15) is 19.1 Å². The molecule has 2 aromatic carbocycles. The first-order chi connectivity index (χ1) is 19.4. The van der Waals surface area contributed by atoms with Crippen LogP contribution in [-0.4, -0.2) is 83.7 Å². The lowest BCUT2D eigenvalue weighted by molar-refractivity contribution is -0.149. The number of fused-ring (bicyclic) bond motifs is 2. The fourth-order valence-corrected chi connectivity index (χ4v) is 7.05. The minimum atomic E-state index is -4.37. The third kappa shape index (κ3) is 5.58. The fraction of sp³-hybridized carbons (Fsp3) is 0.385. The van der Waals surface area contributed by atoms with Crippen LogP contribution in [0.1, 0.15) is 29.5 Å². The highest BCUT2D eigenvalue weighted by atomic mass is 79.9. The van der Waals surface area contributed by atoms with E-state index in [9.17, 15) is 32.0 Å². The highest BCUT2D eigenvalue weighted by molar-refractivity contribution is 9.10. The van der Waals surface area contributed by atoms with Crippen LogP contribution >= 0.6 is 15.9 Å². The maximum atomic E-state index is 13.8. The van der Waals surface area contributed by atoms with Crippen molar-refractivity contribution in [2.45, 2.75) is 37.5 Å². The van der Waals surface area contributed by atoms with Crippen molar-refractivity contribution in [1.29, 1.82) is 0 Å². The van der Waals surface area contributed by atoms with E-state index < -0.39 is 57.9 Å². The van der Waals surface area contributed by atoms with Gasteiger partial charge in [-0.15, -0.1) is 0 Å². The monoisotopic (exact) mass is 652 g/mol. The number of ether oxygens (including phenoxy) is 1. The van der Waals surface area contributed by atoms with Crippen molar-refractivity contribution in [2.75, 3.05) is 26.4 Å². The standard InChI is InChI=1S/C26H26BrFN4O8S/c27-18-5-8-21-17(10-18)11-22(33)26(21)24(35)30(15-40-26)14-23(34)32(12-16-3-6-19(28)7-4-16)20-2-1-9-31(13-20)41(38,39)29-25(36)37/h3-8,10,20,29H,1-2,9,11-15H2,(H,36,37)/t20-,26-/m1/s1. The first kappa shape index (κ1) is 29.1. The minimum Gasteiger partial charge on any atom is -0.464 e. The first-order valence-electron chi connectivity index (χ1n) is 12.7. The summed E-state index contributed by atoms with van der Waals surface area (Å²) in [4.78, 5) is 54.0. The molecule has 2 fully saturated rings. The normalized spacial score (nSPS) is 22.7. The van der Waals surface area contributed by atoms with E-state index in [1.54, 1.807) is 18.2 Å². The summed E-state index contributed by atoms with van der Waals surface area (Å²) >= 11 is 3.36. The van der Waals surface area contributed by atoms with Gasteiger partial charge in [-0.25, -0.2) is 13.9 Å². The van der Waals surface area contributed by atoms with Crippen molar-refractivity contribution in [3.8, 4) is 0 Å². The quantitative estimate of drug-likeness (QED) is 0.429. The molecule has 2 aliphatic heterocycles. The number of hydrogen-bond acceptors (Lipinski definition) is 7. The van der Waals surface area contributed by atoms with E-state index in [2.05, 4.69) is 15.9 Å². The molecule has 1 spiro atoms. The lowest BCUT2D eigenvalue weighted by Crippen LogP contribution is -2.55. The molecule has 0 bridgehead atoms. The molecule has 15 heteroatoms. The van der Waals surface area contributed by atoms with E-state index in [1.165, 1.54) is 33.9 Å². The van der Waals surface area contributed by atoms with Gasteiger partial charge in [-0.3, -0.25) is 14.4 Å². The Bertz CT molecular complexity index is 1520. The number of carbonyl (C=O) groups is 4. The van der Waals surface area contributed by atoms with Gasteiger partial charge in [-0.05, 0) is 48.2 Å². The van der Waals surface area contributed by atoms with Gasteiger partial charge in [0.05, 0.1) is 0 Å². The molecule has 3 amide bonds. The van der Waals surface area contributed by atoms with Crippen molar-refractivity contribution in [3.63, 3.8) is 0 Å². The third-order valence-electron chi connectivity index (χ3n) is 7.48. The Morgan fingerprint density at radius 1 is 1.20 bits per heavy atom. The Labute approximate surface area is 243 Å². The van der Waals surface area contributed by atoms with Gasteiger partial charge in [0.2, 0.25) is 11.5 Å². The Hall–Kier alpha value is -3.40. The molecule has 0 saturated carbocycles. The largest absolute Gasteiger partial charge is 0.464 e. The average molecular weight is 653 g/mol. The number of halogens is 2. The first-order valence-corrected chi connectivity index (χ1v) is 14.9. The fourth-order valence-electron chi connectivity index (χ4n) is 5.56. The number of rotatable bonds is 7. The molecule has 5 rings (SSSR count). The second kappa shape index (κ2) is 11.1. The molecule has 2 aromatic rings. The summed E-state index contributed by atoms with van der Waals surface area (Å²) in [6.45, 7) is -0.906. The topological polar surface area (TPSA) is 154 Å². The zero-order chi connectivity index (χ0) is 29.5. The van der Waals surface area contributed by atoms with Crippen molar-refractivity contribution < 1.29 is 41.8 Å². The average Bonchev–Trinajstić information content (AvgIpc) is 3.38. The predicted molar refractivity (Wildman–Crippen MR) is 144 cm³/mol. The van der Waals surface area contributed by atoms with Crippen LogP contribution in [0.2, 0.25) is 0 Å². The highest BCUT2D eigenvalue weighted by Crippen LogP contribution is 2.43. The number of nitrogens with zero attached hydrogens (tertiary/aromatic N) is 3. The second-order valence-corrected chi connectivity index (χ2v) is 12.7. The molecule has 0 aromatic heterocycles. The van der Waals surface area contributed by atoms with Crippen LogP contribution in [0.5, 0.6) is 0 Å². The number of nitrogens with one attached hydrogen (secondary N) is 1. The number of hydrogen-bond donors (Lipinski definition) is 2. The lowest BCUT2D eigenvalue weighted by atomic mass is 9.94. The van der Waals surface area contributed by atoms with Crippen LogP contribution in [-0.2, 0) is 47.9 Å². The summed E-state index contributed by atoms with van der Waals surface area (Å²) in [5.74, 6) is -2.09. The molecule has 12 nitrogen and oxygen atoms in total. The summed E-state index contributed by atoms with van der Waals surface area (Å²) in [7, 11) is -4.37. The molecule has 2 atom stereocenters. The number of ketones is 1. The highest BCUT2D eigenvalue weighted by Gasteiger charge is 2.59. The predicted octanol–water partition coefficient (Wildman–Crippen LogP) is 1.73. The zero-order valence-electron chi connectivity index (χ0n) is 21.6. The van der Waals surface area contributed by atoms with Gasteiger partial charge in [0.25, 0.3) is 5.91 Å². The van der Waals surface area contributed by atoms with E-state index in [1.807, 2.05) is 0 Å². The number of amides is 3.